The molecule has 1 saturated heterocycles. The Balaban J connectivity index is 1.54. The highest BCUT2D eigenvalue weighted by Gasteiger charge is 2.58. The Bertz CT molecular complexity index is 327. The topological polar surface area (TPSA) is 63.4 Å². The zero-order chi connectivity index (χ0) is 12.0. The van der Waals surface area contributed by atoms with Crippen LogP contribution in [0.2, 0.25) is 0 Å². The third-order valence-corrected chi connectivity index (χ3v) is 4.70. The smallest absolute Gasteiger partial charge is 0.233 e. The fourth-order valence-corrected chi connectivity index (χ4v) is 3.34. The molecule has 2 N–H and O–H groups in total. The molecule has 0 bridgehead atoms. The molecule has 17 heavy (non-hydrogen) atoms. The van der Waals surface area contributed by atoms with E-state index in [-0.39, 0.29) is 23.7 Å². The number of hydrogen-bond donors (Lipinski definition) is 1. The van der Waals surface area contributed by atoms with Crippen LogP contribution in [0.3, 0.4) is 0 Å². The summed E-state index contributed by atoms with van der Waals surface area (Å²) in [5.74, 6) is 1.49. The molecule has 2 saturated carbocycles. The molecule has 2 amide bonds. The Morgan fingerprint density at radius 1 is 1.00 bits per heavy atom. The standard InChI is InChI=1S/C13H20N2O2/c14-6-8-1-3-9(4-2-8)7-15-12(16)10-5-11(10)13(15)17/h8-11H,1-7,14H2. The maximum Gasteiger partial charge on any atom is 0.233 e. The third-order valence-electron chi connectivity index (χ3n) is 4.70. The predicted octanol–water partition coefficient (Wildman–Crippen LogP) is 0.756. The average molecular weight is 236 g/mol. The molecular formula is C13H20N2O2. The number of nitrogens with zero attached hydrogens (tertiary/aromatic N) is 1. The minimum absolute atomic E-state index is 0.0582. The number of imide groups is 1. The van der Waals surface area contributed by atoms with Crippen molar-refractivity contribution in [2.24, 2.45) is 29.4 Å². The van der Waals surface area contributed by atoms with Gasteiger partial charge < -0.3 is 5.73 Å². The Morgan fingerprint density at radius 2 is 1.53 bits per heavy atom. The molecule has 0 spiro atoms. The lowest BCUT2D eigenvalue weighted by Gasteiger charge is -2.30. The lowest BCUT2D eigenvalue weighted by Crippen LogP contribution is -2.38. The van der Waals surface area contributed by atoms with Crippen molar-refractivity contribution < 1.29 is 9.59 Å². The van der Waals surface area contributed by atoms with Crippen molar-refractivity contribution in [3.05, 3.63) is 0 Å². The largest absolute Gasteiger partial charge is 0.330 e. The Labute approximate surface area is 102 Å². The minimum Gasteiger partial charge on any atom is -0.330 e. The SMILES string of the molecule is NCC1CCC(CN2C(=O)C3CC3C2=O)CC1. The highest BCUT2D eigenvalue weighted by molar-refractivity contribution is 6.08. The van der Waals surface area contributed by atoms with Crippen LogP contribution in [-0.2, 0) is 9.59 Å². The fourth-order valence-electron chi connectivity index (χ4n) is 3.34. The van der Waals surface area contributed by atoms with E-state index in [1.54, 1.807) is 0 Å². The van der Waals surface area contributed by atoms with Gasteiger partial charge in [0.1, 0.15) is 0 Å². The van der Waals surface area contributed by atoms with E-state index in [4.69, 9.17) is 5.73 Å². The second-order valence-corrected chi connectivity index (χ2v) is 5.86. The monoisotopic (exact) mass is 236 g/mol. The van der Waals surface area contributed by atoms with Gasteiger partial charge in [-0.25, -0.2) is 0 Å². The number of likely N-dealkylation sites (tertiary alicyclic amines) is 1. The van der Waals surface area contributed by atoms with E-state index >= 15 is 0 Å². The first-order chi connectivity index (χ1) is 8.20. The molecule has 3 rings (SSSR count). The van der Waals surface area contributed by atoms with Gasteiger partial charge >= 0.3 is 0 Å². The zero-order valence-electron chi connectivity index (χ0n) is 10.1. The summed E-state index contributed by atoms with van der Waals surface area (Å²) in [7, 11) is 0. The van der Waals surface area contributed by atoms with E-state index in [9.17, 15) is 9.59 Å². The highest BCUT2D eigenvalue weighted by atomic mass is 16.2. The fraction of sp³-hybridized carbons (Fsp3) is 0.846. The van der Waals surface area contributed by atoms with Crippen molar-refractivity contribution in [1.82, 2.24) is 4.90 Å². The molecule has 94 valence electrons. The maximum absolute atomic E-state index is 11.8. The molecule has 0 aromatic heterocycles. The van der Waals surface area contributed by atoms with E-state index in [2.05, 4.69) is 0 Å². The first-order valence-corrected chi connectivity index (χ1v) is 6.76. The van der Waals surface area contributed by atoms with Gasteiger partial charge in [-0.1, -0.05) is 0 Å². The summed E-state index contributed by atoms with van der Waals surface area (Å²) in [6.45, 7) is 1.44. The average Bonchev–Trinajstić information content (AvgIpc) is 3.11. The van der Waals surface area contributed by atoms with Crippen LogP contribution in [0.4, 0.5) is 0 Å². The number of nitrogens with two attached hydrogens (primary N) is 1. The van der Waals surface area contributed by atoms with Crippen LogP contribution in [0.25, 0.3) is 0 Å². The normalized spacial score (nSPS) is 40.6. The highest BCUT2D eigenvalue weighted by Crippen LogP contribution is 2.47. The number of carbonyl (C=O) groups excluding carboxylic acids is 2. The molecule has 1 aliphatic heterocycles. The first-order valence-electron chi connectivity index (χ1n) is 6.76. The first kappa shape index (κ1) is 11.2. The van der Waals surface area contributed by atoms with Crippen LogP contribution < -0.4 is 5.73 Å². The summed E-state index contributed by atoms with van der Waals surface area (Å²) in [4.78, 5) is 25.2. The summed E-state index contributed by atoms with van der Waals surface area (Å²) in [5.41, 5.74) is 5.66. The van der Waals surface area contributed by atoms with E-state index in [1.165, 1.54) is 4.90 Å². The van der Waals surface area contributed by atoms with Gasteiger partial charge in [-0.2, -0.15) is 0 Å². The van der Waals surface area contributed by atoms with Gasteiger partial charge in [0.25, 0.3) is 0 Å². The van der Waals surface area contributed by atoms with Crippen LogP contribution in [-0.4, -0.2) is 29.8 Å². The summed E-state index contributed by atoms with van der Waals surface area (Å²) in [5, 5.41) is 0. The summed E-state index contributed by atoms with van der Waals surface area (Å²) in [6.07, 6.45) is 5.37. The van der Waals surface area contributed by atoms with Crippen LogP contribution in [0.15, 0.2) is 0 Å². The molecule has 3 fully saturated rings. The van der Waals surface area contributed by atoms with Crippen LogP contribution >= 0.6 is 0 Å². The second kappa shape index (κ2) is 4.09. The number of piperidine rings is 1. The van der Waals surface area contributed by atoms with Gasteiger partial charge in [-0.05, 0) is 50.5 Å². The Hall–Kier alpha value is -0.900. The molecular weight excluding hydrogens is 216 g/mol. The van der Waals surface area contributed by atoms with E-state index in [1.807, 2.05) is 0 Å². The molecule has 0 radical (unpaired) electrons. The molecule has 3 aliphatic rings. The van der Waals surface area contributed by atoms with Gasteiger partial charge in [0.15, 0.2) is 0 Å². The van der Waals surface area contributed by atoms with Crippen molar-refractivity contribution in [1.29, 1.82) is 0 Å². The zero-order valence-corrected chi connectivity index (χ0v) is 10.1. The molecule has 1 heterocycles. The predicted molar refractivity (Wildman–Crippen MR) is 62.8 cm³/mol. The van der Waals surface area contributed by atoms with Crippen LogP contribution in [0.5, 0.6) is 0 Å². The lowest BCUT2D eigenvalue weighted by molar-refractivity contribution is -0.142. The Kier molecular flexibility index (Phi) is 2.69. The summed E-state index contributed by atoms with van der Waals surface area (Å²) in [6, 6.07) is 0. The van der Waals surface area contributed by atoms with Crippen LogP contribution in [0.1, 0.15) is 32.1 Å². The quantitative estimate of drug-likeness (QED) is 0.736. The van der Waals surface area contributed by atoms with E-state index in [0.717, 1.165) is 38.6 Å². The molecule has 0 aromatic carbocycles. The lowest BCUT2D eigenvalue weighted by atomic mass is 9.82. The van der Waals surface area contributed by atoms with Crippen molar-refractivity contribution in [2.45, 2.75) is 32.1 Å². The van der Waals surface area contributed by atoms with Crippen molar-refractivity contribution in [3.8, 4) is 0 Å². The molecule has 4 nitrogen and oxygen atoms in total. The van der Waals surface area contributed by atoms with Gasteiger partial charge in [-0.15, -0.1) is 0 Å². The molecule has 2 aliphatic carbocycles. The number of amides is 2. The van der Waals surface area contributed by atoms with E-state index in [0.29, 0.717) is 18.4 Å². The van der Waals surface area contributed by atoms with Gasteiger partial charge in [0, 0.05) is 6.54 Å². The number of carbonyl (C=O) groups is 2. The summed E-state index contributed by atoms with van der Waals surface area (Å²) >= 11 is 0. The Morgan fingerprint density at radius 3 is 2.06 bits per heavy atom. The molecule has 0 aromatic rings. The van der Waals surface area contributed by atoms with Gasteiger partial charge in [0.05, 0.1) is 11.8 Å². The number of fused-ring (bicyclic) bond motifs is 1. The number of rotatable bonds is 3. The molecule has 2 unspecified atom stereocenters. The van der Waals surface area contributed by atoms with Crippen molar-refractivity contribution >= 4 is 11.8 Å². The summed E-state index contributed by atoms with van der Waals surface area (Å²) < 4.78 is 0. The number of hydrogen-bond acceptors (Lipinski definition) is 3. The van der Waals surface area contributed by atoms with Crippen LogP contribution in [0, 0.1) is 23.7 Å². The maximum atomic E-state index is 11.8. The van der Waals surface area contributed by atoms with Gasteiger partial charge in [0.2, 0.25) is 11.8 Å². The van der Waals surface area contributed by atoms with Crippen molar-refractivity contribution in [2.75, 3.05) is 13.1 Å². The second-order valence-electron chi connectivity index (χ2n) is 5.86. The molecule has 4 heteroatoms. The van der Waals surface area contributed by atoms with E-state index < -0.39 is 0 Å². The molecule has 2 atom stereocenters. The van der Waals surface area contributed by atoms with Crippen molar-refractivity contribution in [3.63, 3.8) is 0 Å². The third kappa shape index (κ3) is 1.88. The van der Waals surface area contributed by atoms with Gasteiger partial charge in [-0.3, -0.25) is 14.5 Å². The minimum atomic E-state index is 0.0582.